The third kappa shape index (κ3) is 3.96. The van der Waals surface area contributed by atoms with Crippen molar-refractivity contribution in [2.75, 3.05) is 31.7 Å². The first kappa shape index (κ1) is 20.5. The Bertz CT molecular complexity index is 946. The minimum Gasteiger partial charge on any atom is -0.381 e. The van der Waals surface area contributed by atoms with Crippen molar-refractivity contribution in [2.45, 2.75) is 41.2 Å². The molecule has 156 valence electrons. The summed E-state index contributed by atoms with van der Waals surface area (Å²) in [5.41, 5.74) is 0.931. The maximum Gasteiger partial charge on any atom is 0.248 e. The number of benzene rings is 1. The predicted octanol–water partition coefficient (Wildman–Crippen LogP) is 3.00. The first-order valence-corrected chi connectivity index (χ1v) is 12.1. The number of thiazole rings is 1. The lowest BCUT2D eigenvalue weighted by molar-refractivity contribution is -0.121. The fourth-order valence-corrected chi connectivity index (χ4v) is 6.63. The van der Waals surface area contributed by atoms with Crippen LogP contribution in [-0.4, -0.2) is 50.5 Å². The molecule has 0 bridgehead atoms. The van der Waals surface area contributed by atoms with Gasteiger partial charge in [-0.15, -0.1) is 11.3 Å². The average molecular weight is 437 g/mol. The summed E-state index contributed by atoms with van der Waals surface area (Å²) in [5.74, 6) is -0.215. The van der Waals surface area contributed by atoms with Crippen molar-refractivity contribution < 1.29 is 22.7 Å². The lowest BCUT2D eigenvalue weighted by Gasteiger charge is -2.34. The molecule has 29 heavy (non-hydrogen) atoms. The van der Waals surface area contributed by atoms with Crippen LogP contribution >= 0.6 is 11.3 Å². The minimum absolute atomic E-state index is 0.119. The van der Waals surface area contributed by atoms with Gasteiger partial charge in [0.2, 0.25) is 5.91 Å². The van der Waals surface area contributed by atoms with E-state index in [0.29, 0.717) is 24.3 Å². The van der Waals surface area contributed by atoms with E-state index in [2.05, 4.69) is 10.3 Å². The Balaban J connectivity index is 1.59. The number of anilines is 1. The number of nitrogens with one attached hydrogen (secondary N) is 1. The lowest BCUT2D eigenvalue weighted by Crippen LogP contribution is -2.53. The summed E-state index contributed by atoms with van der Waals surface area (Å²) in [5, 5.41) is 5.16. The Morgan fingerprint density at radius 1 is 1.07 bits per heavy atom. The summed E-state index contributed by atoms with van der Waals surface area (Å²) >= 11 is 1.33. The number of carbonyl (C=O) groups excluding carboxylic acids is 1. The lowest BCUT2D eigenvalue weighted by atomic mass is 9.97. The molecule has 0 unspecified atom stereocenters. The number of rotatable bonds is 5. The second-order valence-electron chi connectivity index (χ2n) is 7.34. The maximum absolute atomic E-state index is 13.4. The van der Waals surface area contributed by atoms with Crippen LogP contribution in [0.25, 0.3) is 0 Å². The second-order valence-corrected chi connectivity index (χ2v) is 10.5. The molecule has 2 aliphatic heterocycles. The van der Waals surface area contributed by atoms with Gasteiger partial charge in [0, 0.05) is 37.7 Å². The summed E-state index contributed by atoms with van der Waals surface area (Å²) in [7, 11) is -3.89. The second kappa shape index (κ2) is 8.51. The molecule has 1 N–H and O–H groups in total. The van der Waals surface area contributed by atoms with Crippen LogP contribution in [0.3, 0.4) is 0 Å². The number of amides is 1. The molecule has 2 saturated heterocycles. The zero-order valence-electron chi connectivity index (χ0n) is 16.0. The molecule has 4 rings (SSSR count). The monoisotopic (exact) mass is 436 g/mol. The Morgan fingerprint density at radius 3 is 2.41 bits per heavy atom. The van der Waals surface area contributed by atoms with E-state index in [1.54, 1.807) is 18.2 Å². The van der Waals surface area contributed by atoms with Gasteiger partial charge in [0.15, 0.2) is 19.7 Å². The average Bonchev–Trinajstić information content (AvgIpc) is 3.24. The van der Waals surface area contributed by atoms with Crippen LogP contribution in [0.4, 0.5) is 5.13 Å². The van der Waals surface area contributed by atoms with E-state index in [-0.39, 0.29) is 31.0 Å². The molecule has 0 spiro atoms. The molecule has 7 nitrogen and oxygen atoms in total. The van der Waals surface area contributed by atoms with Gasteiger partial charge in [-0.3, -0.25) is 4.79 Å². The number of nitrogens with zero attached hydrogens (tertiary/aromatic N) is 1. The zero-order chi connectivity index (χ0) is 20.3. The van der Waals surface area contributed by atoms with E-state index in [9.17, 15) is 13.2 Å². The van der Waals surface area contributed by atoms with E-state index in [1.807, 2.05) is 5.38 Å². The normalized spacial score (nSPS) is 20.3. The molecular weight excluding hydrogens is 412 g/mol. The standard InChI is InChI=1S/C20H24N2O5S2/c23-18(22-19-21-17(14-28-19)15-6-10-26-11-7-15)20(8-12-27-13-9-20)29(24,25)16-4-2-1-3-5-16/h1-5,14-15H,6-13H2,(H,21,22,23). The summed E-state index contributed by atoms with van der Waals surface area (Å²) < 4.78 is 36.1. The maximum atomic E-state index is 13.4. The van der Waals surface area contributed by atoms with Crippen LogP contribution in [0, 0.1) is 0 Å². The topological polar surface area (TPSA) is 94.6 Å². The molecule has 2 aliphatic rings. The molecule has 3 heterocycles. The van der Waals surface area contributed by atoms with E-state index < -0.39 is 20.5 Å². The Labute approximate surface area is 174 Å². The highest BCUT2D eigenvalue weighted by Gasteiger charge is 2.52. The van der Waals surface area contributed by atoms with Crippen LogP contribution < -0.4 is 5.32 Å². The summed E-state index contributed by atoms with van der Waals surface area (Å²) in [6.07, 6.45) is 2.05. The summed E-state index contributed by atoms with van der Waals surface area (Å²) in [6.45, 7) is 1.87. The first-order valence-electron chi connectivity index (χ1n) is 9.75. The smallest absolute Gasteiger partial charge is 0.248 e. The number of carbonyl (C=O) groups is 1. The Morgan fingerprint density at radius 2 is 1.72 bits per heavy atom. The first-order chi connectivity index (χ1) is 14.0. The van der Waals surface area contributed by atoms with Crippen molar-refractivity contribution in [3.63, 3.8) is 0 Å². The van der Waals surface area contributed by atoms with Crippen molar-refractivity contribution >= 4 is 32.2 Å². The van der Waals surface area contributed by atoms with Crippen LogP contribution in [0.2, 0.25) is 0 Å². The molecule has 1 amide bonds. The van der Waals surface area contributed by atoms with Gasteiger partial charge in [-0.25, -0.2) is 13.4 Å². The van der Waals surface area contributed by atoms with Gasteiger partial charge in [-0.1, -0.05) is 18.2 Å². The molecule has 9 heteroatoms. The van der Waals surface area contributed by atoms with Gasteiger partial charge < -0.3 is 14.8 Å². The van der Waals surface area contributed by atoms with Crippen LogP contribution in [-0.2, 0) is 24.1 Å². The molecule has 1 aromatic heterocycles. The Kier molecular flexibility index (Phi) is 6.00. The van der Waals surface area contributed by atoms with Crippen LogP contribution in [0.5, 0.6) is 0 Å². The number of aromatic nitrogens is 1. The van der Waals surface area contributed by atoms with Gasteiger partial charge in [-0.2, -0.15) is 0 Å². The molecule has 0 atom stereocenters. The molecule has 0 saturated carbocycles. The quantitative estimate of drug-likeness (QED) is 0.774. The van der Waals surface area contributed by atoms with Crippen molar-refractivity contribution in [3.8, 4) is 0 Å². The van der Waals surface area contributed by atoms with Gasteiger partial charge >= 0.3 is 0 Å². The number of hydrogen-bond donors (Lipinski definition) is 1. The molecule has 0 radical (unpaired) electrons. The van der Waals surface area contributed by atoms with Gasteiger partial charge in [0.25, 0.3) is 0 Å². The largest absolute Gasteiger partial charge is 0.381 e. The number of hydrogen-bond acceptors (Lipinski definition) is 7. The van der Waals surface area contributed by atoms with Gasteiger partial charge in [0.05, 0.1) is 10.6 Å². The summed E-state index contributed by atoms with van der Waals surface area (Å²) in [4.78, 5) is 18.0. The minimum atomic E-state index is -3.89. The number of sulfone groups is 1. The summed E-state index contributed by atoms with van der Waals surface area (Å²) in [6, 6.07) is 8.15. The molecule has 1 aromatic carbocycles. The SMILES string of the molecule is O=C(Nc1nc(C2CCOCC2)cs1)C1(S(=O)(=O)c2ccccc2)CCOCC1. The predicted molar refractivity (Wildman–Crippen MR) is 110 cm³/mol. The zero-order valence-corrected chi connectivity index (χ0v) is 17.6. The Hall–Kier alpha value is -1.81. The van der Waals surface area contributed by atoms with E-state index in [4.69, 9.17) is 9.47 Å². The van der Waals surface area contributed by atoms with E-state index >= 15 is 0 Å². The van der Waals surface area contributed by atoms with Crippen molar-refractivity contribution in [1.82, 2.24) is 4.98 Å². The van der Waals surface area contributed by atoms with E-state index in [0.717, 1.165) is 18.5 Å². The van der Waals surface area contributed by atoms with Gasteiger partial charge in [0.1, 0.15) is 0 Å². The van der Waals surface area contributed by atoms with Crippen molar-refractivity contribution in [1.29, 1.82) is 0 Å². The van der Waals surface area contributed by atoms with Crippen molar-refractivity contribution in [3.05, 3.63) is 41.4 Å². The van der Waals surface area contributed by atoms with Crippen LogP contribution in [0.1, 0.15) is 37.3 Å². The van der Waals surface area contributed by atoms with Gasteiger partial charge in [-0.05, 0) is 37.8 Å². The molecular formula is C20H24N2O5S2. The fourth-order valence-electron chi connectivity index (χ4n) is 3.88. The molecule has 0 aliphatic carbocycles. The highest BCUT2D eigenvalue weighted by atomic mass is 32.2. The molecule has 2 aromatic rings. The third-order valence-electron chi connectivity index (χ3n) is 5.66. The highest BCUT2D eigenvalue weighted by molar-refractivity contribution is 7.93. The van der Waals surface area contributed by atoms with Crippen molar-refractivity contribution in [2.24, 2.45) is 0 Å². The number of ether oxygens (including phenoxy) is 2. The highest BCUT2D eigenvalue weighted by Crippen LogP contribution is 2.37. The van der Waals surface area contributed by atoms with Crippen LogP contribution in [0.15, 0.2) is 40.6 Å². The fraction of sp³-hybridized carbons (Fsp3) is 0.500. The van der Waals surface area contributed by atoms with E-state index in [1.165, 1.54) is 23.5 Å². The molecule has 2 fully saturated rings. The third-order valence-corrected chi connectivity index (χ3v) is 8.96.